The summed E-state index contributed by atoms with van der Waals surface area (Å²) in [5, 5.41) is 1.53. The number of alkyl halides is 3. The van der Waals surface area contributed by atoms with E-state index in [2.05, 4.69) is 4.98 Å². The van der Waals surface area contributed by atoms with Gasteiger partial charge in [0.15, 0.2) is 0 Å². The third-order valence-electron chi connectivity index (χ3n) is 2.42. The van der Waals surface area contributed by atoms with Gasteiger partial charge in [0.25, 0.3) is 0 Å². The molecule has 1 heterocycles. The molecule has 2 rings (SSSR count). The second-order valence-electron chi connectivity index (χ2n) is 3.63. The van der Waals surface area contributed by atoms with Crippen LogP contribution in [0.15, 0.2) is 30.5 Å². The maximum atomic E-state index is 12.5. The van der Waals surface area contributed by atoms with Crippen LogP contribution in [-0.4, -0.2) is 11.2 Å². The lowest BCUT2D eigenvalue weighted by Gasteiger charge is -2.16. The summed E-state index contributed by atoms with van der Waals surface area (Å²) in [5.41, 5.74) is 5.13. The molecule has 6 heteroatoms. The molecule has 1 aromatic carbocycles. The zero-order valence-corrected chi connectivity index (χ0v) is 9.26. The molecule has 0 amide bonds. The summed E-state index contributed by atoms with van der Waals surface area (Å²) in [6.07, 6.45) is -2.95. The van der Waals surface area contributed by atoms with E-state index >= 15 is 0 Å². The van der Waals surface area contributed by atoms with Gasteiger partial charge in [-0.3, -0.25) is 0 Å². The van der Waals surface area contributed by atoms with Crippen molar-refractivity contribution in [3.8, 4) is 0 Å². The summed E-state index contributed by atoms with van der Waals surface area (Å²) in [5.74, 6) is 0. The van der Waals surface area contributed by atoms with E-state index in [0.717, 1.165) is 0 Å². The van der Waals surface area contributed by atoms with Crippen molar-refractivity contribution in [1.82, 2.24) is 4.98 Å². The molecule has 0 fully saturated rings. The van der Waals surface area contributed by atoms with Gasteiger partial charge in [-0.05, 0) is 23.1 Å². The van der Waals surface area contributed by atoms with Gasteiger partial charge in [-0.25, -0.2) is 4.98 Å². The van der Waals surface area contributed by atoms with E-state index in [4.69, 9.17) is 17.3 Å². The number of hydrogen-bond donors (Lipinski definition) is 1. The molecular weight excluding hydrogens is 253 g/mol. The number of halogens is 4. The highest BCUT2D eigenvalue weighted by molar-refractivity contribution is 6.30. The molecule has 0 aliphatic carbocycles. The average molecular weight is 261 g/mol. The number of benzene rings is 1. The minimum atomic E-state index is -4.45. The first kappa shape index (κ1) is 12.1. The fraction of sp³-hybridized carbons (Fsp3) is 0.182. The standard InChI is InChI=1S/C11H8ClF3N2/c12-9-4-8-3-6(10(16)11(13,14)15)1-2-7(8)5-17-9/h1-5,10H,16H2/t10-/m0/s1. The van der Waals surface area contributed by atoms with E-state index in [1.54, 1.807) is 6.07 Å². The van der Waals surface area contributed by atoms with E-state index in [9.17, 15) is 13.2 Å². The van der Waals surface area contributed by atoms with Crippen LogP contribution in [-0.2, 0) is 0 Å². The largest absolute Gasteiger partial charge is 0.407 e. The minimum Gasteiger partial charge on any atom is -0.316 e. The Morgan fingerprint density at radius 1 is 1.18 bits per heavy atom. The van der Waals surface area contributed by atoms with Crippen LogP contribution in [0.2, 0.25) is 5.15 Å². The molecule has 0 aliphatic heterocycles. The van der Waals surface area contributed by atoms with Crippen molar-refractivity contribution in [2.24, 2.45) is 5.73 Å². The van der Waals surface area contributed by atoms with E-state index in [1.807, 2.05) is 0 Å². The predicted molar refractivity (Wildman–Crippen MR) is 59.7 cm³/mol. The molecule has 0 aliphatic rings. The fourth-order valence-corrected chi connectivity index (χ4v) is 1.68. The van der Waals surface area contributed by atoms with E-state index in [0.29, 0.717) is 10.8 Å². The maximum Gasteiger partial charge on any atom is 0.407 e. The van der Waals surface area contributed by atoms with E-state index in [-0.39, 0.29) is 10.7 Å². The average Bonchev–Trinajstić information content (AvgIpc) is 2.25. The Labute approximate surface area is 100 Å². The molecule has 0 bridgehead atoms. The van der Waals surface area contributed by atoms with E-state index in [1.165, 1.54) is 24.4 Å². The van der Waals surface area contributed by atoms with Crippen molar-refractivity contribution in [3.05, 3.63) is 41.2 Å². The van der Waals surface area contributed by atoms with Crippen molar-refractivity contribution in [3.63, 3.8) is 0 Å². The Hall–Kier alpha value is -1.33. The van der Waals surface area contributed by atoms with Crippen LogP contribution in [0.5, 0.6) is 0 Å². The van der Waals surface area contributed by atoms with Gasteiger partial charge in [0, 0.05) is 11.6 Å². The SMILES string of the molecule is N[C@@H](c1ccc2cnc(Cl)cc2c1)C(F)(F)F. The van der Waals surface area contributed by atoms with Gasteiger partial charge < -0.3 is 5.73 Å². The Balaban J connectivity index is 2.50. The normalized spacial score (nSPS) is 13.9. The number of nitrogens with two attached hydrogens (primary N) is 1. The maximum absolute atomic E-state index is 12.5. The smallest absolute Gasteiger partial charge is 0.316 e. The monoisotopic (exact) mass is 260 g/mol. The third kappa shape index (κ3) is 2.50. The second-order valence-corrected chi connectivity index (χ2v) is 4.02. The summed E-state index contributed by atoms with van der Waals surface area (Å²) in [4.78, 5) is 3.84. The Morgan fingerprint density at radius 3 is 2.53 bits per heavy atom. The summed E-state index contributed by atoms with van der Waals surface area (Å²) in [7, 11) is 0. The van der Waals surface area contributed by atoms with Crippen molar-refractivity contribution in [1.29, 1.82) is 0 Å². The van der Waals surface area contributed by atoms with Crippen LogP contribution in [0, 0.1) is 0 Å². The first-order chi connectivity index (χ1) is 7.88. The highest BCUT2D eigenvalue weighted by Crippen LogP contribution is 2.32. The lowest BCUT2D eigenvalue weighted by atomic mass is 10.0. The van der Waals surface area contributed by atoms with Crippen molar-refractivity contribution in [2.75, 3.05) is 0 Å². The molecule has 2 nitrogen and oxygen atoms in total. The van der Waals surface area contributed by atoms with Gasteiger partial charge in [0.2, 0.25) is 0 Å². The van der Waals surface area contributed by atoms with Gasteiger partial charge in [-0.15, -0.1) is 0 Å². The number of fused-ring (bicyclic) bond motifs is 1. The van der Waals surface area contributed by atoms with Gasteiger partial charge in [-0.1, -0.05) is 23.7 Å². The third-order valence-corrected chi connectivity index (χ3v) is 2.63. The number of aromatic nitrogens is 1. The molecule has 2 aromatic rings. The molecule has 0 radical (unpaired) electrons. The Bertz CT molecular complexity index is 554. The van der Waals surface area contributed by atoms with E-state index < -0.39 is 12.2 Å². The van der Waals surface area contributed by atoms with Crippen molar-refractivity contribution < 1.29 is 13.2 Å². The zero-order valence-electron chi connectivity index (χ0n) is 8.50. The van der Waals surface area contributed by atoms with Crippen molar-refractivity contribution >= 4 is 22.4 Å². The van der Waals surface area contributed by atoms with Crippen LogP contribution in [0.25, 0.3) is 10.8 Å². The minimum absolute atomic E-state index is 0.00673. The van der Waals surface area contributed by atoms with Crippen LogP contribution in [0.4, 0.5) is 13.2 Å². The molecule has 17 heavy (non-hydrogen) atoms. The summed E-state index contributed by atoms with van der Waals surface area (Å²) < 4.78 is 37.4. The zero-order chi connectivity index (χ0) is 12.6. The quantitative estimate of drug-likeness (QED) is 0.798. The fourth-order valence-electron chi connectivity index (χ4n) is 1.52. The van der Waals surface area contributed by atoms with Gasteiger partial charge >= 0.3 is 6.18 Å². The number of rotatable bonds is 1. The number of hydrogen-bond acceptors (Lipinski definition) is 2. The highest BCUT2D eigenvalue weighted by Gasteiger charge is 2.37. The van der Waals surface area contributed by atoms with Gasteiger partial charge in [0.05, 0.1) is 0 Å². The molecule has 0 saturated carbocycles. The first-order valence-electron chi connectivity index (χ1n) is 4.75. The molecular formula is C11H8ClF3N2. The van der Waals surface area contributed by atoms with Crippen LogP contribution >= 0.6 is 11.6 Å². The number of pyridine rings is 1. The number of nitrogens with zero attached hydrogens (tertiary/aromatic N) is 1. The highest BCUT2D eigenvalue weighted by atomic mass is 35.5. The Kier molecular flexibility index (Phi) is 2.97. The first-order valence-corrected chi connectivity index (χ1v) is 5.13. The molecule has 1 atom stereocenters. The summed E-state index contributed by atoms with van der Waals surface area (Å²) in [6, 6.07) is 3.78. The lowest BCUT2D eigenvalue weighted by molar-refractivity contribution is -0.149. The topological polar surface area (TPSA) is 38.9 Å². The predicted octanol–water partition coefficient (Wildman–Crippen LogP) is 3.45. The molecule has 0 unspecified atom stereocenters. The van der Waals surface area contributed by atoms with Gasteiger partial charge in [0.1, 0.15) is 11.2 Å². The summed E-state index contributed by atoms with van der Waals surface area (Å²) in [6.45, 7) is 0. The molecule has 2 N–H and O–H groups in total. The molecule has 90 valence electrons. The van der Waals surface area contributed by atoms with Crippen LogP contribution < -0.4 is 5.73 Å². The Morgan fingerprint density at radius 2 is 1.88 bits per heavy atom. The van der Waals surface area contributed by atoms with Crippen LogP contribution in [0.1, 0.15) is 11.6 Å². The molecule has 0 spiro atoms. The summed E-state index contributed by atoms with van der Waals surface area (Å²) >= 11 is 5.68. The van der Waals surface area contributed by atoms with Crippen molar-refractivity contribution in [2.45, 2.75) is 12.2 Å². The lowest BCUT2D eigenvalue weighted by Crippen LogP contribution is -2.28. The molecule has 0 saturated heterocycles. The second kappa shape index (κ2) is 4.16. The van der Waals surface area contributed by atoms with Crippen LogP contribution in [0.3, 0.4) is 0 Å². The molecule has 1 aromatic heterocycles. The van der Waals surface area contributed by atoms with Gasteiger partial charge in [-0.2, -0.15) is 13.2 Å².